The molecule has 1 aliphatic carbocycles. The highest BCUT2D eigenvalue weighted by Crippen LogP contribution is 2.32. The van der Waals surface area contributed by atoms with Crippen LogP contribution in [0.15, 0.2) is 40.9 Å². The van der Waals surface area contributed by atoms with Gasteiger partial charge in [0.2, 0.25) is 0 Å². The first-order valence-electron chi connectivity index (χ1n) is 7.35. The molecule has 3 heteroatoms. The van der Waals surface area contributed by atoms with Crippen LogP contribution >= 0.6 is 15.9 Å². The molecular weight excluding hydrogens is 326 g/mol. The first-order valence-corrected chi connectivity index (χ1v) is 8.14. The molecule has 1 aliphatic rings. The highest BCUT2D eigenvalue weighted by Gasteiger charge is 2.17. The third-order valence-corrected chi connectivity index (χ3v) is 4.87. The van der Waals surface area contributed by atoms with Crippen LogP contribution in [-0.2, 0) is 12.8 Å². The van der Waals surface area contributed by atoms with Crippen molar-refractivity contribution in [1.82, 2.24) is 5.32 Å². The number of methoxy groups -OCH3 is 1. The van der Waals surface area contributed by atoms with Crippen molar-refractivity contribution in [2.75, 3.05) is 14.2 Å². The molecule has 0 bridgehead atoms. The van der Waals surface area contributed by atoms with E-state index in [1.165, 1.54) is 41.5 Å². The Bertz CT molecular complexity index is 654. The number of ether oxygens (including phenoxy) is 1. The summed E-state index contributed by atoms with van der Waals surface area (Å²) in [6, 6.07) is 13.4. The number of nitrogens with one attached hydrogen (secondary N) is 1. The Morgan fingerprint density at radius 3 is 2.48 bits per heavy atom. The predicted octanol–water partition coefficient (Wildman–Crippen LogP) is 4.26. The molecule has 3 rings (SSSR count). The highest BCUT2D eigenvalue weighted by molar-refractivity contribution is 9.10. The number of fused-ring (bicyclic) bond motifs is 1. The first-order chi connectivity index (χ1) is 10.2. The van der Waals surface area contributed by atoms with E-state index < -0.39 is 0 Å². The van der Waals surface area contributed by atoms with Gasteiger partial charge < -0.3 is 10.1 Å². The first kappa shape index (κ1) is 14.6. The molecule has 1 N–H and O–H groups in total. The molecule has 0 amide bonds. The maximum atomic E-state index is 5.31. The van der Waals surface area contributed by atoms with E-state index in [9.17, 15) is 0 Å². The van der Waals surface area contributed by atoms with Crippen molar-refractivity contribution in [1.29, 1.82) is 0 Å². The Labute approximate surface area is 134 Å². The number of hydrogen-bond donors (Lipinski definition) is 1. The van der Waals surface area contributed by atoms with Crippen LogP contribution in [0.1, 0.15) is 34.7 Å². The smallest absolute Gasteiger partial charge is 0.133 e. The second-order valence-corrected chi connectivity index (χ2v) is 6.35. The minimum Gasteiger partial charge on any atom is -0.496 e. The van der Waals surface area contributed by atoms with Gasteiger partial charge in [0.05, 0.1) is 17.6 Å². The maximum Gasteiger partial charge on any atom is 0.133 e. The maximum absolute atomic E-state index is 5.31. The van der Waals surface area contributed by atoms with E-state index in [0.717, 1.165) is 10.2 Å². The molecule has 0 saturated heterocycles. The Morgan fingerprint density at radius 1 is 1.05 bits per heavy atom. The largest absolute Gasteiger partial charge is 0.496 e. The van der Waals surface area contributed by atoms with E-state index in [2.05, 4.69) is 51.6 Å². The topological polar surface area (TPSA) is 21.3 Å². The molecule has 0 spiro atoms. The van der Waals surface area contributed by atoms with E-state index in [1.54, 1.807) is 7.11 Å². The predicted molar refractivity (Wildman–Crippen MR) is 90.1 cm³/mol. The summed E-state index contributed by atoms with van der Waals surface area (Å²) in [5.74, 6) is 0.863. The van der Waals surface area contributed by atoms with Crippen LogP contribution < -0.4 is 10.1 Å². The number of aryl methyl sites for hydroxylation is 2. The summed E-state index contributed by atoms with van der Waals surface area (Å²) in [5.41, 5.74) is 5.60. The van der Waals surface area contributed by atoms with E-state index in [-0.39, 0.29) is 6.04 Å². The second-order valence-electron chi connectivity index (χ2n) is 5.50. The van der Waals surface area contributed by atoms with E-state index in [0.29, 0.717) is 0 Å². The molecule has 21 heavy (non-hydrogen) atoms. The highest BCUT2D eigenvalue weighted by atomic mass is 79.9. The van der Waals surface area contributed by atoms with Gasteiger partial charge in [0.15, 0.2) is 0 Å². The van der Waals surface area contributed by atoms with Crippen molar-refractivity contribution in [3.63, 3.8) is 0 Å². The minimum atomic E-state index is 0.207. The molecule has 0 fully saturated rings. The van der Waals surface area contributed by atoms with E-state index in [1.807, 2.05) is 13.1 Å². The van der Waals surface area contributed by atoms with Crippen molar-refractivity contribution in [3.8, 4) is 5.75 Å². The van der Waals surface area contributed by atoms with Gasteiger partial charge in [0.1, 0.15) is 5.75 Å². The normalized spacial score (nSPS) is 14.8. The van der Waals surface area contributed by atoms with Gasteiger partial charge in [-0.2, -0.15) is 0 Å². The number of halogens is 1. The van der Waals surface area contributed by atoms with E-state index in [4.69, 9.17) is 4.74 Å². The molecule has 2 aromatic rings. The third-order valence-electron chi connectivity index (χ3n) is 4.25. The third kappa shape index (κ3) is 2.85. The molecule has 0 heterocycles. The zero-order valence-corrected chi connectivity index (χ0v) is 14.0. The van der Waals surface area contributed by atoms with Gasteiger partial charge in [-0.25, -0.2) is 0 Å². The summed E-state index contributed by atoms with van der Waals surface area (Å²) in [6.07, 6.45) is 3.73. The summed E-state index contributed by atoms with van der Waals surface area (Å²) in [4.78, 5) is 0. The van der Waals surface area contributed by atoms with Gasteiger partial charge in [-0.3, -0.25) is 0 Å². The molecule has 110 valence electrons. The number of benzene rings is 2. The lowest BCUT2D eigenvalue weighted by molar-refractivity contribution is 0.412. The van der Waals surface area contributed by atoms with Crippen LogP contribution in [0.2, 0.25) is 0 Å². The fraction of sp³-hybridized carbons (Fsp3) is 0.333. The fourth-order valence-electron chi connectivity index (χ4n) is 3.16. The SMILES string of the molecule is CNC(c1ccc(OC)c(Br)c1)c1ccc2c(c1)CCC2. The Hall–Kier alpha value is -1.32. The fourth-order valence-corrected chi connectivity index (χ4v) is 3.72. The van der Waals surface area contributed by atoms with Crippen LogP contribution in [0.5, 0.6) is 5.75 Å². The summed E-state index contributed by atoms with van der Waals surface area (Å²) >= 11 is 3.57. The molecule has 2 nitrogen and oxygen atoms in total. The van der Waals surface area contributed by atoms with Gasteiger partial charge in [-0.1, -0.05) is 24.3 Å². The molecule has 1 unspecified atom stereocenters. The summed E-state index contributed by atoms with van der Waals surface area (Å²) < 4.78 is 6.30. The van der Waals surface area contributed by atoms with Crippen molar-refractivity contribution < 1.29 is 4.74 Å². The molecule has 0 saturated carbocycles. The Balaban J connectivity index is 1.96. The average Bonchev–Trinajstić information content (AvgIpc) is 2.96. The summed E-state index contributed by atoms with van der Waals surface area (Å²) in [6.45, 7) is 0. The van der Waals surface area contributed by atoms with Crippen LogP contribution in [0, 0.1) is 0 Å². The van der Waals surface area contributed by atoms with Crippen LogP contribution in [-0.4, -0.2) is 14.2 Å². The lowest BCUT2D eigenvalue weighted by Crippen LogP contribution is -2.18. The van der Waals surface area contributed by atoms with Crippen LogP contribution in [0.25, 0.3) is 0 Å². The molecule has 0 aromatic heterocycles. The van der Waals surface area contributed by atoms with Crippen molar-refractivity contribution in [2.45, 2.75) is 25.3 Å². The van der Waals surface area contributed by atoms with Crippen molar-refractivity contribution in [2.24, 2.45) is 0 Å². The molecule has 0 radical (unpaired) electrons. The van der Waals surface area contributed by atoms with Gasteiger partial charge in [-0.15, -0.1) is 0 Å². The standard InChI is InChI=1S/C18H20BrNO/c1-20-18(15-8-9-17(21-2)16(19)11-15)14-7-6-12-4-3-5-13(12)10-14/h6-11,18,20H,3-5H2,1-2H3. The molecule has 0 aliphatic heterocycles. The number of rotatable bonds is 4. The zero-order valence-electron chi connectivity index (χ0n) is 12.4. The molecular formula is C18H20BrNO. The van der Waals surface area contributed by atoms with E-state index >= 15 is 0 Å². The van der Waals surface area contributed by atoms with Gasteiger partial charge in [0, 0.05) is 0 Å². The van der Waals surface area contributed by atoms with Crippen LogP contribution in [0.3, 0.4) is 0 Å². The van der Waals surface area contributed by atoms with Crippen molar-refractivity contribution >= 4 is 15.9 Å². The molecule has 2 aromatic carbocycles. The monoisotopic (exact) mass is 345 g/mol. The Morgan fingerprint density at radius 2 is 1.76 bits per heavy atom. The quantitative estimate of drug-likeness (QED) is 0.893. The Kier molecular flexibility index (Phi) is 4.32. The summed E-state index contributed by atoms with van der Waals surface area (Å²) in [7, 11) is 3.70. The van der Waals surface area contributed by atoms with Gasteiger partial charge >= 0.3 is 0 Å². The summed E-state index contributed by atoms with van der Waals surface area (Å²) in [5, 5.41) is 3.43. The number of hydrogen-bond acceptors (Lipinski definition) is 2. The average molecular weight is 346 g/mol. The van der Waals surface area contributed by atoms with Crippen molar-refractivity contribution in [3.05, 3.63) is 63.1 Å². The lowest BCUT2D eigenvalue weighted by Gasteiger charge is -2.19. The molecule has 1 atom stereocenters. The van der Waals surface area contributed by atoms with Gasteiger partial charge in [-0.05, 0) is 76.6 Å². The zero-order chi connectivity index (χ0) is 14.8. The van der Waals surface area contributed by atoms with Crippen LogP contribution in [0.4, 0.5) is 0 Å². The lowest BCUT2D eigenvalue weighted by atomic mass is 9.96. The minimum absolute atomic E-state index is 0.207. The van der Waals surface area contributed by atoms with Gasteiger partial charge in [0.25, 0.3) is 0 Å². The second kappa shape index (κ2) is 6.20.